The Morgan fingerprint density at radius 3 is 2.75 bits per heavy atom. The van der Waals surface area contributed by atoms with E-state index in [2.05, 4.69) is 5.32 Å². The van der Waals surface area contributed by atoms with Gasteiger partial charge in [-0.1, -0.05) is 12.1 Å². The molecule has 2 atom stereocenters. The first-order valence-electron chi connectivity index (χ1n) is 8.44. The highest BCUT2D eigenvalue weighted by Gasteiger charge is 2.31. The first-order valence-corrected chi connectivity index (χ1v) is 8.44. The van der Waals surface area contributed by atoms with E-state index in [4.69, 9.17) is 4.74 Å². The van der Waals surface area contributed by atoms with E-state index in [9.17, 15) is 14.0 Å². The molecule has 1 aromatic carbocycles. The Bertz CT molecular complexity index is 562. The van der Waals surface area contributed by atoms with Crippen LogP contribution in [0.15, 0.2) is 24.3 Å². The number of hydrogen-bond donors (Lipinski definition) is 1. The van der Waals surface area contributed by atoms with Gasteiger partial charge in [0.1, 0.15) is 5.82 Å². The van der Waals surface area contributed by atoms with Gasteiger partial charge in [0, 0.05) is 13.1 Å². The Morgan fingerprint density at radius 2 is 2.08 bits per heavy atom. The van der Waals surface area contributed by atoms with E-state index in [-0.39, 0.29) is 29.7 Å². The number of rotatable bonds is 6. The van der Waals surface area contributed by atoms with Gasteiger partial charge >= 0.3 is 5.97 Å². The lowest BCUT2D eigenvalue weighted by molar-refractivity contribution is -0.151. The van der Waals surface area contributed by atoms with Gasteiger partial charge in [0.25, 0.3) is 0 Å². The van der Waals surface area contributed by atoms with Gasteiger partial charge in [0.2, 0.25) is 5.91 Å². The third-order valence-electron chi connectivity index (χ3n) is 4.38. The average Bonchev–Trinajstić information content (AvgIpc) is 2.60. The molecule has 1 fully saturated rings. The number of amides is 1. The van der Waals surface area contributed by atoms with Crippen LogP contribution in [0.4, 0.5) is 4.39 Å². The molecule has 1 aromatic rings. The van der Waals surface area contributed by atoms with Crippen molar-refractivity contribution in [2.75, 3.05) is 19.7 Å². The fourth-order valence-electron chi connectivity index (χ4n) is 2.92. The number of nitrogens with one attached hydrogen (secondary N) is 1. The zero-order valence-electron chi connectivity index (χ0n) is 14.3. The van der Waals surface area contributed by atoms with Crippen LogP contribution in [0.25, 0.3) is 0 Å². The van der Waals surface area contributed by atoms with E-state index in [1.165, 1.54) is 12.1 Å². The van der Waals surface area contributed by atoms with Crippen LogP contribution in [0.2, 0.25) is 0 Å². The average molecular weight is 336 g/mol. The highest BCUT2D eigenvalue weighted by atomic mass is 19.1. The van der Waals surface area contributed by atoms with Gasteiger partial charge < -0.3 is 10.1 Å². The summed E-state index contributed by atoms with van der Waals surface area (Å²) in [6, 6.07) is 5.73. The lowest BCUT2D eigenvalue weighted by atomic mass is 9.97. The minimum atomic E-state index is -0.317. The van der Waals surface area contributed by atoms with Crippen LogP contribution in [0, 0.1) is 11.7 Å². The summed E-state index contributed by atoms with van der Waals surface area (Å²) in [6.07, 6.45) is 1.68. The van der Waals surface area contributed by atoms with Crippen molar-refractivity contribution in [3.05, 3.63) is 35.6 Å². The van der Waals surface area contributed by atoms with Gasteiger partial charge in [-0.2, -0.15) is 0 Å². The Morgan fingerprint density at radius 1 is 1.38 bits per heavy atom. The number of carbonyl (C=O) groups is 2. The van der Waals surface area contributed by atoms with Crippen molar-refractivity contribution in [1.82, 2.24) is 10.2 Å². The lowest BCUT2D eigenvalue weighted by Crippen LogP contribution is -2.50. The van der Waals surface area contributed by atoms with Crippen molar-refractivity contribution in [3.8, 4) is 0 Å². The molecule has 24 heavy (non-hydrogen) atoms. The van der Waals surface area contributed by atoms with E-state index >= 15 is 0 Å². The third-order valence-corrected chi connectivity index (χ3v) is 4.38. The first-order chi connectivity index (χ1) is 11.5. The van der Waals surface area contributed by atoms with Gasteiger partial charge in [0.05, 0.1) is 18.6 Å². The summed E-state index contributed by atoms with van der Waals surface area (Å²) in [6.45, 7) is 5.71. The largest absolute Gasteiger partial charge is 0.466 e. The van der Waals surface area contributed by atoms with Crippen LogP contribution < -0.4 is 5.32 Å². The minimum absolute atomic E-state index is 0.0937. The molecular weight excluding hydrogens is 311 g/mol. The molecule has 5 nitrogen and oxygen atoms in total. The van der Waals surface area contributed by atoms with Gasteiger partial charge in [-0.15, -0.1) is 0 Å². The van der Waals surface area contributed by atoms with Crippen LogP contribution in [0.3, 0.4) is 0 Å². The maximum Gasteiger partial charge on any atom is 0.310 e. The Kier molecular flexibility index (Phi) is 6.73. The molecule has 0 radical (unpaired) electrons. The van der Waals surface area contributed by atoms with Crippen molar-refractivity contribution in [2.24, 2.45) is 5.92 Å². The molecule has 0 saturated carbocycles. The summed E-state index contributed by atoms with van der Waals surface area (Å²) >= 11 is 0. The molecule has 0 spiro atoms. The molecule has 0 bridgehead atoms. The molecule has 1 amide bonds. The fraction of sp³-hybridized carbons (Fsp3) is 0.556. The Balaban J connectivity index is 1.85. The summed E-state index contributed by atoms with van der Waals surface area (Å²) in [5.41, 5.74) is 0.847. The number of nitrogens with zero attached hydrogens (tertiary/aromatic N) is 1. The standard InChI is InChI=1S/C18H25FN2O3/c1-3-24-18(23)15-5-4-10-21(12-15)13(2)17(22)20-11-14-6-8-16(19)9-7-14/h6-9,13,15H,3-5,10-12H2,1-2H3,(H,20,22)/t13-,15-/m0/s1. The highest BCUT2D eigenvalue weighted by Crippen LogP contribution is 2.20. The number of esters is 1. The minimum Gasteiger partial charge on any atom is -0.466 e. The number of carbonyl (C=O) groups excluding carboxylic acids is 2. The predicted molar refractivity (Wildman–Crippen MR) is 88.6 cm³/mol. The van der Waals surface area contributed by atoms with Crippen molar-refractivity contribution >= 4 is 11.9 Å². The maximum absolute atomic E-state index is 12.9. The molecule has 2 rings (SSSR count). The molecule has 1 aliphatic rings. The summed E-state index contributed by atoms with van der Waals surface area (Å²) in [5.74, 6) is -0.729. The Labute approximate surface area is 142 Å². The summed E-state index contributed by atoms with van der Waals surface area (Å²) in [4.78, 5) is 26.3. The summed E-state index contributed by atoms with van der Waals surface area (Å²) in [7, 11) is 0. The molecule has 6 heteroatoms. The molecule has 1 saturated heterocycles. The van der Waals surface area contributed by atoms with Crippen LogP contribution in [-0.2, 0) is 20.9 Å². The lowest BCUT2D eigenvalue weighted by Gasteiger charge is -2.35. The molecule has 132 valence electrons. The van der Waals surface area contributed by atoms with Crippen LogP contribution in [0.5, 0.6) is 0 Å². The van der Waals surface area contributed by atoms with E-state index in [1.807, 2.05) is 11.8 Å². The van der Waals surface area contributed by atoms with Crippen LogP contribution in [0.1, 0.15) is 32.3 Å². The SMILES string of the molecule is CCOC(=O)[C@H]1CCCN([C@@H](C)C(=O)NCc2ccc(F)cc2)C1. The van der Waals surface area contributed by atoms with E-state index in [0.717, 1.165) is 24.9 Å². The highest BCUT2D eigenvalue weighted by molar-refractivity contribution is 5.81. The van der Waals surface area contributed by atoms with Crippen LogP contribution >= 0.6 is 0 Å². The van der Waals surface area contributed by atoms with Crippen LogP contribution in [-0.4, -0.2) is 42.5 Å². The monoisotopic (exact) mass is 336 g/mol. The second-order valence-corrected chi connectivity index (χ2v) is 6.11. The third kappa shape index (κ3) is 5.03. The van der Waals surface area contributed by atoms with Crippen molar-refractivity contribution < 1.29 is 18.7 Å². The molecule has 1 aliphatic heterocycles. The number of halogens is 1. The molecular formula is C18H25FN2O3. The number of ether oxygens (including phenoxy) is 1. The molecule has 0 unspecified atom stereocenters. The zero-order chi connectivity index (χ0) is 17.5. The molecule has 0 aliphatic carbocycles. The van der Waals surface area contributed by atoms with Crippen molar-refractivity contribution in [1.29, 1.82) is 0 Å². The summed E-state index contributed by atoms with van der Waals surface area (Å²) in [5, 5.41) is 2.87. The quantitative estimate of drug-likeness (QED) is 0.809. The molecule has 1 heterocycles. The van der Waals surface area contributed by atoms with Gasteiger partial charge in [0.15, 0.2) is 0 Å². The zero-order valence-corrected chi connectivity index (χ0v) is 14.3. The second kappa shape index (κ2) is 8.78. The summed E-state index contributed by atoms with van der Waals surface area (Å²) < 4.78 is 18.0. The van der Waals surface area contributed by atoms with Gasteiger partial charge in [-0.3, -0.25) is 14.5 Å². The second-order valence-electron chi connectivity index (χ2n) is 6.11. The van der Waals surface area contributed by atoms with Gasteiger partial charge in [-0.05, 0) is 50.9 Å². The number of piperidine rings is 1. The Hall–Kier alpha value is -1.95. The normalized spacial score (nSPS) is 19.5. The van der Waals surface area contributed by atoms with Gasteiger partial charge in [-0.25, -0.2) is 4.39 Å². The predicted octanol–water partition coefficient (Wildman–Crippen LogP) is 2.11. The smallest absolute Gasteiger partial charge is 0.310 e. The molecule has 1 N–H and O–H groups in total. The number of likely N-dealkylation sites (tertiary alicyclic amines) is 1. The maximum atomic E-state index is 12.9. The number of benzene rings is 1. The molecule has 0 aromatic heterocycles. The van der Waals surface area contributed by atoms with E-state index in [0.29, 0.717) is 19.7 Å². The topological polar surface area (TPSA) is 58.6 Å². The first kappa shape index (κ1) is 18.4. The van der Waals surface area contributed by atoms with E-state index in [1.54, 1.807) is 19.1 Å². The fourth-order valence-corrected chi connectivity index (χ4v) is 2.92. The van der Waals surface area contributed by atoms with E-state index < -0.39 is 0 Å². The number of hydrogen-bond acceptors (Lipinski definition) is 4. The van der Waals surface area contributed by atoms with Crippen molar-refractivity contribution in [3.63, 3.8) is 0 Å². The van der Waals surface area contributed by atoms with Crippen molar-refractivity contribution in [2.45, 2.75) is 39.3 Å².